The predicted molar refractivity (Wildman–Crippen MR) is 101 cm³/mol. The van der Waals surface area contributed by atoms with Crippen molar-refractivity contribution in [2.24, 2.45) is 0 Å². The lowest BCUT2D eigenvalue weighted by Crippen LogP contribution is -2.17. The Labute approximate surface area is 147 Å². The summed E-state index contributed by atoms with van der Waals surface area (Å²) in [5.74, 6) is -0.509. The molecule has 24 heavy (non-hydrogen) atoms. The van der Waals surface area contributed by atoms with Gasteiger partial charge in [0, 0.05) is 6.42 Å². The van der Waals surface area contributed by atoms with Crippen LogP contribution in [0.2, 0.25) is 0 Å². The number of ketones is 1. The zero-order valence-corrected chi connectivity index (χ0v) is 15.8. The third kappa shape index (κ3) is 10.6. The molecular weight excluding hydrogens is 320 g/mol. The van der Waals surface area contributed by atoms with E-state index in [0.29, 0.717) is 6.42 Å². The van der Waals surface area contributed by atoms with Crippen molar-refractivity contribution < 1.29 is 13.2 Å². The first-order valence-electron chi connectivity index (χ1n) is 9.29. The van der Waals surface area contributed by atoms with E-state index in [4.69, 9.17) is 0 Å². The lowest BCUT2D eigenvalue weighted by atomic mass is 10.1. The standard InChI is InChI=1S/C20H32O3S/c1-2-3-4-5-6-7-8-9-13-16-20(21)18-24(22,23)17-19-14-11-10-12-15-19/h10-12,14-15H,2-9,13,16-18H2,1H3. The van der Waals surface area contributed by atoms with Gasteiger partial charge in [-0.2, -0.15) is 0 Å². The minimum absolute atomic E-state index is 0.0443. The second-order valence-electron chi connectivity index (χ2n) is 6.63. The number of carbonyl (C=O) groups is 1. The van der Waals surface area contributed by atoms with Crippen molar-refractivity contribution in [3.05, 3.63) is 35.9 Å². The number of benzene rings is 1. The lowest BCUT2D eigenvalue weighted by molar-refractivity contribution is -0.116. The molecule has 4 heteroatoms. The van der Waals surface area contributed by atoms with E-state index in [-0.39, 0.29) is 17.3 Å². The van der Waals surface area contributed by atoms with Gasteiger partial charge in [-0.15, -0.1) is 0 Å². The molecule has 1 aromatic carbocycles. The number of rotatable bonds is 14. The molecule has 136 valence electrons. The van der Waals surface area contributed by atoms with Crippen molar-refractivity contribution in [3.8, 4) is 0 Å². The molecule has 0 aliphatic rings. The largest absolute Gasteiger partial charge is 0.299 e. The highest BCUT2D eigenvalue weighted by atomic mass is 32.2. The van der Waals surface area contributed by atoms with Crippen LogP contribution in [0, 0.1) is 0 Å². The molecule has 0 unspecified atom stereocenters. The van der Waals surface area contributed by atoms with Gasteiger partial charge in [-0.3, -0.25) is 4.79 Å². The molecule has 0 bridgehead atoms. The molecule has 0 saturated heterocycles. The number of carbonyl (C=O) groups excluding carboxylic acids is 1. The summed E-state index contributed by atoms with van der Waals surface area (Å²) in [6.45, 7) is 2.22. The Kier molecular flexibility index (Phi) is 10.6. The minimum atomic E-state index is -3.34. The fourth-order valence-electron chi connectivity index (χ4n) is 2.83. The SMILES string of the molecule is CCCCCCCCCCCC(=O)CS(=O)(=O)Cc1ccccc1. The smallest absolute Gasteiger partial charge is 0.161 e. The summed E-state index contributed by atoms with van der Waals surface area (Å²) >= 11 is 0. The van der Waals surface area contributed by atoms with Crippen molar-refractivity contribution in [2.45, 2.75) is 76.9 Å². The van der Waals surface area contributed by atoms with Crippen molar-refractivity contribution in [3.63, 3.8) is 0 Å². The van der Waals surface area contributed by atoms with E-state index in [2.05, 4.69) is 6.92 Å². The average Bonchev–Trinajstić information content (AvgIpc) is 2.53. The first-order chi connectivity index (χ1) is 11.5. The second-order valence-corrected chi connectivity index (χ2v) is 8.70. The highest BCUT2D eigenvalue weighted by Crippen LogP contribution is 2.12. The molecule has 0 radical (unpaired) electrons. The van der Waals surface area contributed by atoms with E-state index in [1.807, 2.05) is 18.2 Å². The monoisotopic (exact) mass is 352 g/mol. The maximum Gasteiger partial charge on any atom is 0.161 e. The average molecular weight is 353 g/mol. The maximum atomic E-state index is 12.0. The summed E-state index contributed by atoms with van der Waals surface area (Å²) < 4.78 is 24.1. The number of hydrogen-bond donors (Lipinski definition) is 0. The molecule has 0 saturated carbocycles. The summed E-state index contributed by atoms with van der Waals surface area (Å²) in [5.41, 5.74) is 0.744. The van der Waals surface area contributed by atoms with Crippen LogP contribution in [0.4, 0.5) is 0 Å². The molecule has 0 spiro atoms. The molecular formula is C20H32O3S. The fourth-order valence-corrected chi connectivity index (χ4v) is 4.27. The highest BCUT2D eigenvalue weighted by Gasteiger charge is 2.16. The van der Waals surface area contributed by atoms with Gasteiger partial charge >= 0.3 is 0 Å². The summed E-state index contributed by atoms with van der Waals surface area (Å²) in [5, 5.41) is 0. The Hall–Kier alpha value is -1.16. The van der Waals surface area contributed by atoms with Crippen LogP contribution in [-0.4, -0.2) is 20.0 Å². The molecule has 0 aliphatic carbocycles. The van der Waals surface area contributed by atoms with Crippen LogP contribution in [0.5, 0.6) is 0 Å². The van der Waals surface area contributed by atoms with Gasteiger partial charge in [-0.25, -0.2) is 8.42 Å². The Morgan fingerprint density at radius 2 is 1.38 bits per heavy atom. The summed E-state index contributed by atoms with van der Waals surface area (Å²) in [7, 11) is -3.34. The second kappa shape index (κ2) is 12.2. The van der Waals surface area contributed by atoms with Crippen LogP contribution in [0.1, 0.15) is 76.7 Å². The van der Waals surface area contributed by atoms with E-state index < -0.39 is 9.84 Å². The third-order valence-electron chi connectivity index (χ3n) is 4.17. The van der Waals surface area contributed by atoms with E-state index in [0.717, 1.165) is 24.8 Å². The van der Waals surface area contributed by atoms with Gasteiger partial charge in [-0.05, 0) is 12.0 Å². The van der Waals surface area contributed by atoms with Gasteiger partial charge in [0.1, 0.15) is 11.5 Å². The minimum Gasteiger partial charge on any atom is -0.299 e. The van der Waals surface area contributed by atoms with E-state index in [1.54, 1.807) is 12.1 Å². The Bertz CT molecular complexity index is 550. The molecule has 0 aromatic heterocycles. The Morgan fingerprint density at radius 3 is 1.96 bits per heavy atom. The van der Waals surface area contributed by atoms with Crippen LogP contribution in [0.3, 0.4) is 0 Å². The van der Waals surface area contributed by atoms with Gasteiger partial charge in [0.15, 0.2) is 9.84 Å². The molecule has 0 fully saturated rings. The summed E-state index contributed by atoms with van der Waals surface area (Å²) in [4.78, 5) is 11.9. The maximum absolute atomic E-state index is 12.0. The molecule has 0 aliphatic heterocycles. The molecule has 0 atom stereocenters. The molecule has 3 nitrogen and oxygen atoms in total. The lowest BCUT2D eigenvalue weighted by Gasteiger charge is -2.05. The van der Waals surface area contributed by atoms with Crippen molar-refractivity contribution >= 4 is 15.6 Å². The van der Waals surface area contributed by atoms with Gasteiger partial charge < -0.3 is 0 Å². The van der Waals surface area contributed by atoms with Crippen molar-refractivity contribution in [1.29, 1.82) is 0 Å². The van der Waals surface area contributed by atoms with Crippen LogP contribution in [0.15, 0.2) is 30.3 Å². The number of unbranched alkanes of at least 4 members (excludes halogenated alkanes) is 8. The van der Waals surface area contributed by atoms with Crippen LogP contribution in [0.25, 0.3) is 0 Å². The quantitative estimate of drug-likeness (QED) is 0.438. The Morgan fingerprint density at radius 1 is 0.833 bits per heavy atom. The van der Waals surface area contributed by atoms with Gasteiger partial charge in [-0.1, -0.05) is 88.6 Å². The molecule has 1 rings (SSSR count). The van der Waals surface area contributed by atoms with E-state index >= 15 is 0 Å². The fraction of sp³-hybridized carbons (Fsp3) is 0.650. The summed E-state index contributed by atoms with van der Waals surface area (Å²) in [6.07, 6.45) is 11.1. The number of sulfone groups is 1. The van der Waals surface area contributed by atoms with Crippen molar-refractivity contribution in [1.82, 2.24) is 0 Å². The first-order valence-corrected chi connectivity index (χ1v) is 11.1. The Balaban J connectivity index is 2.11. The van der Waals surface area contributed by atoms with Gasteiger partial charge in [0.2, 0.25) is 0 Å². The number of hydrogen-bond acceptors (Lipinski definition) is 3. The van der Waals surface area contributed by atoms with Crippen LogP contribution >= 0.6 is 0 Å². The zero-order valence-electron chi connectivity index (χ0n) is 15.0. The van der Waals surface area contributed by atoms with E-state index in [1.165, 1.54) is 38.5 Å². The molecule has 0 amide bonds. The normalized spacial score (nSPS) is 11.5. The topological polar surface area (TPSA) is 51.2 Å². The first kappa shape index (κ1) is 20.9. The zero-order chi connectivity index (χ0) is 17.7. The molecule has 0 heterocycles. The number of Topliss-reactive ketones (excluding diaryl/α,β-unsaturated/α-hetero) is 1. The molecule has 1 aromatic rings. The van der Waals surface area contributed by atoms with Crippen LogP contribution in [-0.2, 0) is 20.4 Å². The third-order valence-corrected chi connectivity index (χ3v) is 5.70. The predicted octanol–water partition coefficient (Wildman–Crippen LogP) is 5.09. The van der Waals surface area contributed by atoms with E-state index in [9.17, 15) is 13.2 Å². The molecule has 0 N–H and O–H groups in total. The summed E-state index contributed by atoms with van der Waals surface area (Å²) in [6, 6.07) is 9.04. The van der Waals surface area contributed by atoms with Crippen molar-refractivity contribution in [2.75, 3.05) is 5.75 Å². The van der Waals surface area contributed by atoms with Gasteiger partial charge in [0.05, 0.1) is 5.75 Å². The highest BCUT2D eigenvalue weighted by molar-refractivity contribution is 7.91. The van der Waals surface area contributed by atoms with Crippen LogP contribution < -0.4 is 0 Å². The van der Waals surface area contributed by atoms with Gasteiger partial charge in [0.25, 0.3) is 0 Å².